The van der Waals surface area contributed by atoms with Gasteiger partial charge in [0.2, 0.25) is 17.7 Å². The van der Waals surface area contributed by atoms with E-state index < -0.39 is 5.25 Å². The summed E-state index contributed by atoms with van der Waals surface area (Å²) in [4.78, 5) is 23.5. The Morgan fingerprint density at radius 2 is 1.62 bits per heavy atom. The van der Waals surface area contributed by atoms with Crippen molar-refractivity contribution in [3.8, 4) is 17.2 Å². The molecule has 1 aromatic heterocycles. The number of anilines is 2. The van der Waals surface area contributed by atoms with E-state index in [9.17, 15) is 9.59 Å². The first-order valence-electron chi connectivity index (χ1n) is 8.77. The monoisotopic (exact) mass is 412 g/mol. The van der Waals surface area contributed by atoms with E-state index in [1.165, 1.54) is 18.7 Å². The summed E-state index contributed by atoms with van der Waals surface area (Å²) in [5, 5.41) is 13.4. The number of carbonyl (C=O) groups excluding carboxylic acids is 2. The lowest BCUT2D eigenvalue weighted by Crippen LogP contribution is -2.22. The minimum Gasteiger partial charge on any atom is -0.497 e. The molecule has 0 bridgehead atoms. The number of hydrogen-bond donors (Lipinski definition) is 2. The maximum Gasteiger partial charge on any atom is 0.277 e. The van der Waals surface area contributed by atoms with Gasteiger partial charge in [-0.3, -0.25) is 9.59 Å². The first kappa shape index (κ1) is 20.4. The average Bonchev–Trinajstić information content (AvgIpc) is 3.17. The van der Waals surface area contributed by atoms with E-state index >= 15 is 0 Å². The molecule has 0 aliphatic carbocycles. The lowest BCUT2D eigenvalue weighted by molar-refractivity contribution is -0.115. The van der Waals surface area contributed by atoms with Gasteiger partial charge in [0.1, 0.15) is 5.75 Å². The summed E-state index contributed by atoms with van der Waals surface area (Å²) in [5.41, 5.74) is 2.05. The first-order valence-corrected chi connectivity index (χ1v) is 9.65. The molecule has 1 unspecified atom stereocenters. The van der Waals surface area contributed by atoms with Gasteiger partial charge in [-0.25, -0.2) is 0 Å². The van der Waals surface area contributed by atoms with Crippen molar-refractivity contribution < 1.29 is 18.7 Å². The summed E-state index contributed by atoms with van der Waals surface area (Å²) in [5.74, 6) is 0.751. The number of methoxy groups -OCH3 is 1. The number of thioether (sulfide) groups is 1. The van der Waals surface area contributed by atoms with E-state index in [0.29, 0.717) is 22.5 Å². The van der Waals surface area contributed by atoms with Crippen LogP contribution in [0.5, 0.6) is 5.75 Å². The Morgan fingerprint density at radius 3 is 2.21 bits per heavy atom. The second-order valence-corrected chi connectivity index (χ2v) is 7.40. The molecule has 3 aromatic rings. The van der Waals surface area contributed by atoms with Gasteiger partial charge in [0.15, 0.2) is 0 Å². The van der Waals surface area contributed by atoms with Crippen molar-refractivity contribution in [1.82, 2.24) is 10.2 Å². The second-order valence-electron chi connectivity index (χ2n) is 6.11. The number of rotatable bonds is 7. The van der Waals surface area contributed by atoms with E-state index in [1.807, 2.05) is 12.1 Å². The molecule has 0 saturated carbocycles. The van der Waals surface area contributed by atoms with Crippen LogP contribution in [-0.4, -0.2) is 34.4 Å². The van der Waals surface area contributed by atoms with Crippen LogP contribution in [0.25, 0.3) is 11.5 Å². The Kier molecular flexibility index (Phi) is 6.50. The molecule has 2 N–H and O–H groups in total. The van der Waals surface area contributed by atoms with Gasteiger partial charge >= 0.3 is 0 Å². The highest BCUT2D eigenvalue weighted by Gasteiger charge is 2.19. The van der Waals surface area contributed by atoms with Crippen molar-refractivity contribution in [2.45, 2.75) is 24.3 Å². The van der Waals surface area contributed by atoms with Gasteiger partial charge in [0.05, 0.1) is 12.4 Å². The molecule has 2 aromatic carbocycles. The SMILES string of the molecule is COc1ccc(-c2nnc(SC(C)C(=O)Nc3ccc(NC(C)=O)cc3)o2)cc1. The Balaban J connectivity index is 1.58. The minimum absolute atomic E-state index is 0.152. The van der Waals surface area contributed by atoms with Crippen LogP contribution < -0.4 is 15.4 Å². The third-order valence-corrected chi connectivity index (χ3v) is 4.80. The first-order chi connectivity index (χ1) is 13.9. The molecule has 150 valence electrons. The fourth-order valence-corrected chi connectivity index (χ4v) is 3.08. The number of nitrogens with one attached hydrogen (secondary N) is 2. The fraction of sp³-hybridized carbons (Fsp3) is 0.200. The maximum absolute atomic E-state index is 12.4. The number of amides is 2. The lowest BCUT2D eigenvalue weighted by atomic mass is 10.2. The van der Waals surface area contributed by atoms with E-state index in [-0.39, 0.29) is 11.8 Å². The van der Waals surface area contributed by atoms with Gasteiger partial charge in [-0.15, -0.1) is 10.2 Å². The topological polar surface area (TPSA) is 106 Å². The van der Waals surface area contributed by atoms with Gasteiger partial charge in [-0.1, -0.05) is 11.8 Å². The quantitative estimate of drug-likeness (QED) is 0.568. The summed E-state index contributed by atoms with van der Waals surface area (Å²) in [6, 6.07) is 14.1. The van der Waals surface area contributed by atoms with Crippen LogP contribution in [0, 0.1) is 0 Å². The minimum atomic E-state index is -0.450. The van der Waals surface area contributed by atoms with Crippen molar-refractivity contribution in [2.75, 3.05) is 17.7 Å². The number of nitrogens with zero attached hydrogens (tertiary/aromatic N) is 2. The standard InChI is InChI=1S/C20H20N4O4S/c1-12(18(26)22-16-8-6-15(7-9-16)21-13(2)25)29-20-24-23-19(28-20)14-4-10-17(27-3)11-5-14/h4-12H,1-3H3,(H,21,25)(H,22,26). The highest BCUT2D eigenvalue weighted by molar-refractivity contribution is 8.00. The highest BCUT2D eigenvalue weighted by Crippen LogP contribution is 2.27. The molecular weight excluding hydrogens is 392 g/mol. The number of carbonyl (C=O) groups is 2. The van der Waals surface area contributed by atoms with E-state index in [4.69, 9.17) is 9.15 Å². The number of hydrogen-bond acceptors (Lipinski definition) is 7. The second kappa shape index (κ2) is 9.24. The third-order valence-electron chi connectivity index (χ3n) is 3.86. The van der Waals surface area contributed by atoms with Crippen LogP contribution in [0.3, 0.4) is 0 Å². The molecule has 3 rings (SSSR count). The van der Waals surface area contributed by atoms with E-state index in [0.717, 1.165) is 11.3 Å². The van der Waals surface area contributed by atoms with E-state index in [2.05, 4.69) is 20.8 Å². The molecule has 0 radical (unpaired) electrons. The van der Waals surface area contributed by atoms with Gasteiger partial charge in [0.25, 0.3) is 5.22 Å². The zero-order chi connectivity index (χ0) is 20.8. The molecular formula is C20H20N4O4S. The van der Waals surface area contributed by atoms with Gasteiger partial charge < -0.3 is 19.8 Å². The smallest absolute Gasteiger partial charge is 0.277 e. The molecule has 0 aliphatic rings. The Hall–Kier alpha value is -3.33. The molecule has 1 heterocycles. The van der Waals surface area contributed by atoms with Crippen LogP contribution in [0.2, 0.25) is 0 Å². The van der Waals surface area contributed by atoms with Crippen LogP contribution in [-0.2, 0) is 9.59 Å². The molecule has 29 heavy (non-hydrogen) atoms. The predicted octanol–water partition coefficient (Wildman–Crippen LogP) is 3.82. The number of aromatic nitrogens is 2. The van der Waals surface area contributed by atoms with Crippen LogP contribution in [0.15, 0.2) is 58.2 Å². The summed E-state index contributed by atoms with van der Waals surface area (Å²) in [6.07, 6.45) is 0. The number of benzene rings is 2. The van der Waals surface area contributed by atoms with Crippen molar-refractivity contribution in [2.24, 2.45) is 0 Å². The Labute approximate surface area is 172 Å². The lowest BCUT2D eigenvalue weighted by Gasteiger charge is -2.10. The van der Waals surface area contributed by atoms with Gasteiger partial charge in [-0.05, 0) is 55.5 Å². The summed E-state index contributed by atoms with van der Waals surface area (Å²) in [7, 11) is 1.60. The normalized spacial score (nSPS) is 11.6. The van der Waals surface area contributed by atoms with E-state index in [1.54, 1.807) is 50.4 Å². The van der Waals surface area contributed by atoms with Crippen molar-refractivity contribution >= 4 is 35.0 Å². The molecule has 8 nitrogen and oxygen atoms in total. The Morgan fingerprint density at radius 1 is 1.00 bits per heavy atom. The molecule has 0 fully saturated rings. The molecule has 0 aliphatic heterocycles. The zero-order valence-electron chi connectivity index (χ0n) is 16.1. The largest absolute Gasteiger partial charge is 0.497 e. The summed E-state index contributed by atoms with van der Waals surface area (Å²) in [6.45, 7) is 3.19. The van der Waals surface area contributed by atoms with Crippen LogP contribution >= 0.6 is 11.8 Å². The van der Waals surface area contributed by atoms with Crippen molar-refractivity contribution in [3.05, 3.63) is 48.5 Å². The fourth-order valence-electron chi connectivity index (χ4n) is 2.40. The van der Waals surface area contributed by atoms with Crippen molar-refractivity contribution in [1.29, 1.82) is 0 Å². The van der Waals surface area contributed by atoms with Crippen molar-refractivity contribution in [3.63, 3.8) is 0 Å². The maximum atomic E-state index is 12.4. The third kappa shape index (κ3) is 5.58. The van der Waals surface area contributed by atoms with Crippen LogP contribution in [0.4, 0.5) is 11.4 Å². The summed E-state index contributed by atoms with van der Waals surface area (Å²) >= 11 is 1.17. The Bertz CT molecular complexity index is 986. The van der Waals surface area contributed by atoms with Crippen LogP contribution in [0.1, 0.15) is 13.8 Å². The average molecular weight is 412 g/mol. The van der Waals surface area contributed by atoms with Gasteiger partial charge in [0, 0.05) is 23.9 Å². The molecule has 9 heteroatoms. The number of ether oxygens (including phenoxy) is 1. The predicted molar refractivity (Wildman–Crippen MR) is 111 cm³/mol. The molecule has 2 amide bonds. The molecule has 0 saturated heterocycles. The highest BCUT2D eigenvalue weighted by atomic mass is 32.2. The molecule has 0 spiro atoms. The molecule has 1 atom stereocenters. The zero-order valence-corrected chi connectivity index (χ0v) is 16.9. The van der Waals surface area contributed by atoms with Gasteiger partial charge in [-0.2, -0.15) is 0 Å². The summed E-state index contributed by atoms with van der Waals surface area (Å²) < 4.78 is 10.8.